The van der Waals surface area contributed by atoms with Crippen LogP contribution in [0.3, 0.4) is 0 Å². The van der Waals surface area contributed by atoms with Crippen molar-refractivity contribution in [3.05, 3.63) is 53.6 Å². The smallest absolute Gasteiger partial charge is 0.256 e. The van der Waals surface area contributed by atoms with E-state index in [1.165, 1.54) is 0 Å². The molecule has 1 heterocycles. The molecule has 0 spiro atoms. The fraction of sp³-hybridized carbons (Fsp3) is 0.464. The monoisotopic (exact) mass is 492 g/mol. The fourth-order valence-electron chi connectivity index (χ4n) is 4.61. The summed E-state index contributed by atoms with van der Waals surface area (Å²) in [6.07, 6.45) is 2.64. The number of rotatable bonds is 8. The van der Waals surface area contributed by atoms with Gasteiger partial charge in [-0.1, -0.05) is 0 Å². The van der Waals surface area contributed by atoms with Crippen molar-refractivity contribution in [1.29, 1.82) is 0 Å². The third-order valence-corrected chi connectivity index (χ3v) is 6.95. The van der Waals surface area contributed by atoms with Gasteiger partial charge in [-0.05, 0) is 75.6 Å². The Hall–Kier alpha value is -3.55. The minimum absolute atomic E-state index is 0.00270. The number of benzene rings is 2. The molecule has 3 amide bonds. The summed E-state index contributed by atoms with van der Waals surface area (Å²) in [7, 11) is 1.60. The Morgan fingerprint density at radius 2 is 1.69 bits per heavy atom. The predicted molar refractivity (Wildman–Crippen MR) is 141 cm³/mol. The van der Waals surface area contributed by atoms with Gasteiger partial charge in [0.2, 0.25) is 5.91 Å². The number of amides is 3. The van der Waals surface area contributed by atoms with Crippen molar-refractivity contribution in [2.24, 2.45) is 5.92 Å². The molecule has 192 valence electrons. The first-order valence-corrected chi connectivity index (χ1v) is 12.9. The lowest BCUT2D eigenvalue weighted by Gasteiger charge is -2.28. The maximum absolute atomic E-state index is 13.5. The third kappa shape index (κ3) is 5.80. The molecule has 2 aromatic carbocycles. The molecule has 2 aliphatic rings. The second-order valence-electron chi connectivity index (χ2n) is 9.33. The van der Waals surface area contributed by atoms with Crippen molar-refractivity contribution in [2.75, 3.05) is 56.6 Å². The number of carbonyl (C=O) groups excluding carboxylic acids is 3. The van der Waals surface area contributed by atoms with E-state index in [-0.39, 0.29) is 23.6 Å². The summed E-state index contributed by atoms with van der Waals surface area (Å²) in [5.41, 5.74) is 2.71. The van der Waals surface area contributed by atoms with E-state index in [4.69, 9.17) is 4.74 Å². The number of ether oxygens (including phenoxy) is 1. The van der Waals surface area contributed by atoms with Crippen LogP contribution in [0.25, 0.3) is 0 Å². The molecule has 8 nitrogen and oxygen atoms in total. The molecule has 36 heavy (non-hydrogen) atoms. The average Bonchev–Trinajstić information content (AvgIpc) is 3.77. The van der Waals surface area contributed by atoms with Gasteiger partial charge in [-0.2, -0.15) is 0 Å². The van der Waals surface area contributed by atoms with E-state index < -0.39 is 0 Å². The van der Waals surface area contributed by atoms with Crippen molar-refractivity contribution in [2.45, 2.75) is 33.1 Å². The summed E-state index contributed by atoms with van der Waals surface area (Å²) in [5, 5.41) is 2.97. The quantitative estimate of drug-likeness (QED) is 0.605. The highest BCUT2D eigenvalue weighted by atomic mass is 16.5. The molecule has 0 bridgehead atoms. The highest BCUT2D eigenvalue weighted by molar-refractivity contribution is 6.02. The molecular weight excluding hydrogens is 456 g/mol. The van der Waals surface area contributed by atoms with Crippen LogP contribution in [0.4, 0.5) is 11.4 Å². The predicted octanol–water partition coefficient (Wildman–Crippen LogP) is 3.88. The number of nitrogens with zero attached hydrogens (tertiary/aromatic N) is 3. The largest absolute Gasteiger partial charge is 0.497 e. The van der Waals surface area contributed by atoms with Gasteiger partial charge >= 0.3 is 0 Å². The Labute approximate surface area is 213 Å². The highest BCUT2D eigenvalue weighted by Crippen LogP contribution is 2.32. The molecule has 2 aromatic rings. The van der Waals surface area contributed by atoms with E-state index in [2.05, 4.69) is 10.2 Å². The van der Waals surface area contributed by atoms with Crippen molar-refractivity contribution >= 4 is 29.1 Å². The Balaban J connectivity index is 1.53. The number of carbonyl (C=O) groups is 3. The summed E-state index contributed by atoms with van der Waals surface area (Å²) in [6, 6.07) is 12.8. The van der Waals surface area contributed by atoms with Gasteiger partial charge in [0.15, 0.2) is 0 Å². The normalized spacial score (nSPS) is 15.8. The molecule has 4 rings (SSSR count). The number of hydrogen-bond acceptors (Lipinski definition) is 5. The molecule has 8 heteroatoms. The van der Waals surface area contributed by atoms with E-state index in [0.717, 1.165) is 37.2 Å². The second-order valence-corrected chi connectivity index (χ2v) is 9.33. The molecule has 0 atom stereocenters. The van der Waals surface area contributed by atoms with Gasteiger partial charge in [-0.3, -0.25) is 14.4 Å². The van der Waals surface area contributed by atoms with Gasteiger partial charge in [0.25, 0.3) is 11.8 Å². The second kappa shape index (κ2) is 11.5. The molecule has 2 fully saturated rings. The van der Waals surface area contributed by atoms with Crippen LogP contribution < -0.4 is 15.0 Å². The van der Waals surface area contributed by atoms with Crippen molar-refractivity contribution in [1.82, 2.24) is 9.80 Å². The van der Waals surface area contributed by atoms with E-state index >= 15 is 0 Å². The van der Waals surface area contributed by atoms with Crippen LogP contribution in [0.2, 0.25) is 0 Å². The maximum Gasteiger partial charge on any atom is 0.256 e. The van der Waals surface area contributed by atoms with Gasteiger partial charge in [0.05, 0.1) is 12.7 Å². The average molecular weight is 493 g/mol. The number of methoxy groups -OCH3 is 1. The Morgan fingerprint density at radius 3 is 2.33 bits per heavy atom. The number of nitrogens with one attached hydrogen (secondary N) is 1. The number of hydrogen-bond donors (Lipinski definition) is 1. The lowest BCUT2D eigenvalue weighted by molar-refractivity contribution is -0.117. The molecule has 1 saturated heterocycles. The standard InChI is InChI=1S/C28H36N4O4/c1-4-30(5-2)28(35)24-19-22(29-26(33)20-7-8-20)11-14-25(24)31-15-6-16-32(18-17-31)27(34)21-9-12-23(36-3)13-10-21/h9-14,19-20H,4-8,15-18H2,1-3H3,(H,29,33). The van der Waals surface area contributed by atoms with E-state index in [0.29, 0.717) is 49.5 Å². The SMILES string of the molecule is CCN(CC)C(=O)c1cc(NC(=O)C2CC2)ccc1N1CCCN(C(=O)c2ccc(OC)cc2)CC1. The molecule has 0 aromatic heterocycles. The molecule has 1 aliphatic heterocycles. The highest BCUT2D eigenvalue weighted by Gasteiger charge is 2.30. The van der Waals surface area contributed by atoms with E-state index in [1.54, 1.807) is 42.3 Å². The minimum Gasteiger partial charge on any atom is -0.497 e. The molecule has 1 aliphatic carbocycles. The Kier molecular flexibility index (Phi) is 8.13. The van der Waals surface area contributed by atoms with Gasteiger partial charge in [-0.25, -0.2) is 0 Å². The van der Waals surface area contributed by atoms with Crippen LogP contribution in [0.1, 0.15) is 53.8 Å². The summed E-state index contributed by atoms with van der Waals surface area (Å²) in [5.74, 6) is 0.777. The van der Waals surface area contributed by atoms with Crippen LogP contribution in [-0.4, -0.2) is 73.9 Å². The van der Waals surface area contributed by atoms with Crippen LogP contribution in [-0.2, 0) is 4.79 Å². The van der Waals surface area contributed by atoms with Crippen LogP contribution in [0.5, 0.6) is 5.75 Å². The Morgan fingerprint density at radius 1 is 0.972 bits per heavy atom. The fourth-order valence-corrected chi connectivity index (χ4v) is 4.61. The molecular formula is C28H36N4O4. The third-order valence-electron chi connectivity index (χ3n) is 6.95. The zero-order valence-corrected chi connectivity index (χ0v) is 21.5. The number of anilines is 2. The van der Waals surface area contributed by atoms with Gasteiger partial charge < -0.3 is 24.8 Å². The minimum atomic E-state index is -0.0482. The van der Waals surface area contributed by atoms with Gasteiger partial charge in [-0.15, -0.1) is 0 Å². The summed E-state index contributed by atoms with van der Waals surface area (Å²) < 4.78 is 5.20. The van der Waals surface area contributed by atoms with Crippen molar-refractivity contribution < 1.29 is 19.1 Å². The maximum atomic E-state index is 13.5. The summed E-state index contributed by atoms with van der Waals surface area (Å²) in [6.45, 7) is 7.71. The Bertz CT molecular complexity index is 1090. The van der Waals surface area contributed by atoms with E-state index in [1.807, 2.05) is 30.9 Å². The van der Waals surface area contributed by atoms with Crippen molar-refractivity contribution in [3.63, 3.8) is 0 Å². The van der Waals surface area contributed by atoms with Crippen LogP contribution >= 0.6 is 0 Å². The lowest BCUT2D eigenvalue weighted by Crippen LogP contribution is -2.36. The first kappa shape index (κ1) is 25.5. The topological polar surface area (TPSA) is 82.2 Å². The van der Waals surface area contributed by atoms with Crippen LogP contribution in [0, 0.1) is 5.92 Å². The molecule has 0 unspecified atom stereocenters. The molecule has 1 saturated carbocycles. The lowest BCUT2D eigenvalue weighted by atomic mass is 10.1. The molecule has 0 radical (unpaired) electrons. The summed E-state index contributed by atoms with van der Waals surface area (Å²) >= 11 is 0. The van der Waals surface area contributed by atoms with Crippen molar-refractivity contribution in [3.8, 4) is 5.75 Å². The molecule has 1 N–H and O–H groups in total. The van der Waals surface area contributed by atoms with E-state index in [9.17, 15) is 14.4 Å². The van der Waals surface area contributed by atoms with Crippen LogP contribution in [0.15, 0.2) is 42.5 Å². The van der Waals surface area contributed by atoms with Gasteiger partial charge in [0.1, 0.15) is 5.75 Å². The zero-order valence-electron chi connectivity index (χ0n) is 21.5. The zero-order chi connectivity index (χ0) is 25.7. The first-order chi connectivity index (χ1) is 17.4. The first-order valence-electron chi connectivity index (χ1n) is 12.9. The van der Waals surface area contributed by atoms with Gasteiger partial charge in [0, 0.05) is 62.1 Å². The summed E-state index contributed by atoms with van der Waals surface area (Å²) in [4.78, 5) is 44.8.